The lowest BCUT2D eigenvalue weighted by Crippen LogP contribution is -2.06. The molecule has 19 heavy (non-hydrogen) atoms. The maximum atomic E-state index is 10.9. The highest BCUT2D eigenvalue weighted by Crippen LogP contribution is 2.27. The van der Waals surface area contributed by atoms with Crippen LogP contribution in [-0.4, -0.2) is 26.6 Å². The van der Waals surface area contributed by atoms with Gasteiger partial charge in [-0.1, -0.05) is 11.6 Å². The minimum atomic E-state index is -0.435. The van der Waals surface area contributed by atoms with Crippen LogP contribution in [0.5, 0.6) is 0 Å². The summed E-state index contributed by atoms with van der Waals surface area (Å²) in [6.45, 7) is 0.585. The average molecular weight is 282 g/mol. The van der Waals surface area contributed by atoms with Gasteiger partial charge in [0.05, 0.1) is 4.92 Å². The van der Waals surface area contributed by atoms with Gasteiger partial charge in [0.2, 0.25) is 0 Å². The van der Waals surface area contributed by atoms with E-state index in [1.165, 1.54) is 18.5 Å². The van der Waals surface area contributed by atoms with Crippen molar-refractivity contribution in [3.05, 3.63) is 45.5 Å². The lowest BCUT2D eigenvalue weighted by atomic mass is 10.2. The molecule has 0 atom stereocenters. The lowest BCUT2D eigenvalue weighted by molar-refractivity contribution is -0.384. The van der Waals surface area contributed by atoms with Gasteiger partial charge in [0.1, 0.15) is 17.8 Å². The van der Waals surface area contributed by atoms with Crippen LogP contribution in [0.4, 0.5) is 11.4 Å². The van der Waals surface area contributed by atoms with Crippen LogP contribution in [0.25, 0.3) is 0 Å². The average Bonchev–Trinajstić information content (AvgIpc) is 2.87. The molecular formula is C11H12ClN5O2. The normalized spacial score (nSPS) is 10.4. The maximum Gasteiger partial charge on any atom is 0.292 e. The van der Waals surface area contributed by atoms with E-state index in [-0.39, 0.29) is 5.69 Å². The zero-order valence-electron chi connectivity index (χ0n) is 9.97. The van der Waals surface area contributed by atoms with E-state index in [2.05, 4.69) is 20.5 Å². The first-order chi connectivity index (χ1) is 9.16. The topological polar surface area (TPSA) is 96.7 Å². The fourth-order valence-electron chi connectivity index (χ4n) is 1.64. The van der Waals surface area contributed by atoms with Crippen LogP contribution in [0.2, 0.25) is 5.02 Å². The van der Waals surface area contributed by atoms with Gasteiger partial charge in [0.25, 0.3) is 5.69 Å². The minimum Gasteiger partial charge on any atom is -0.379 e. The SMILES string of the molecule is O=[N+]([O-])c1ccc(Cl)cc1NCCCc1ncn[nH]1. The predicted molar refractivity (Wildman–Crippen MR) is 71.3 cm³/mol. The molecule has 0 fully saturated rings. The Balaban J connectivity index is 1.91. The Morgan fingerprint density at radius 2 is 2.32 bits per heavy atom. The van der Waals surface area contributed by atoms with Gasteiger partial charge in [-0.3, -0.25) is 15.2 Å². The number of aromatic nitrogens is 3. The standard InChI is InChI=1S/C11H12ClN5O2/c12-8-3-4-10(17(18)19)9(6-8)13-5-1-2-11-14-7-15-16-11/h3-4,6-7,13H,1-2,5H2,(H,14,15,16). The smallest absolute Gasteiger partial charge is 0.292 e. The van der Waals surface area contributed by atoms with Gasteiger partial charge in [-0.15, -0.1) is 0 Å². The summed E-state index contributed by atoms with van der Waals surface area (Å²) in [6, 6.07) is 4.44. The van der Waals surface area contributed by atoms with Crippen molar-refractivity contribution in [1.82, 2.24) is 15.2 Å². The molecule has 0 amide bonds. The van der Waals surface area contributed by atoms with Gasteiger partial charge in [-0.25, -0.2) is 4.98 Å². The van der Waals surface area contributed by atoms with Crippen molar-refractivity contribution >= 4 is 23.0 Å². The second-order valence-electron chi connectivity index (χ2n) is 3.88. The quantitative estimate of drug-likeness (QED) is 0.481. The van der Waals surface area contributed by atoms with Crippen LogP contribution in [0, 0.1) is 10.1 Å². The van der Waals surface area contributed by atoms with Gasteiger partial charge < -0.3 is 5.32 Å². The fraction of sp³-hybridized carbons (Fsp3) is 0.273. The lowest BCUT2D eigenvalue weighted by Gasteiger charge is -2.06. The Bertz CT molecular complexity index is 558. The van der Waals surface area contributed by atoms with Gasteiger partial charge in [-0.2, -0.15) is 5.10 Å². The predicted octanol–water partition coefficient (Wildman–Crippen LogP) is 2.41. The van der Waals surface area contributed by atoms with Gasteiger partial charge in [-0.05, 0) is 18.6 Å². The Morgan fingerprint density at radius 3 is 3.00 bits per heavy atom. The van der Waals surface area contributed by atoms with Crippen molar-refractivity contribution in [2.45, 2.75) is 12.8 Å². The molecule has 0 aliphatic rings. The number of anilines is 1. The molecule has 2 aromatic rings. The van der Waals surface area contributed by atoms with E-state index in [1.807, 2.05) is 0 Å². The second-order valence-corrected chi connectivity index (χ2v) is 4.32. The summed E-state index contributed by atoms with van der Waals surface area (Å²) in [4.78, 5) is 14.4. The molecule has 0 bridgehead atoms. The molecule has 0 radical (unpaired) electrons. The molecule has 100 valence electrons. The Hall–Kier alpha value is -2.15. The highest BCUT2D eigenvalue weighted by molar-refractivity contribution is 6.31. The third kappa shape index (κ3) is 3.65. The molecular weight excluding hydrogens is 270 g/mol. The molecule has 2 N–H and O–H groups in total. The first-order valence-corrected chi connectivity index (χ1v) is 6.06. The van der Waals surface area contributed by atoms with Gasteiger partial charge >= 0.3 is 0 Å². The molecule has 8 heteroatoms. The number of benzene rings is 1. The molecule has 0 spiro atoms. The molecule has 7 nitrogen and oxygen atoms in total. The molecule has 0 aliphatic carbocycles. The van der Waals surface area contributed by atoms with E-state index < -0.39 is 4.92 Å². The zero-order valence-corrected chi connectivity index (χ0v) is 10.7. The summed E-state index contributed by atoms with van der Waals surface area (Å²) < 4.78 is 0. The maximum absolute atomic E-state index is 10.9. The second kappa shape index (κ2) is 6.14. The van der Waals surface area contributed by atoms with E-state index in [4.69, 9.17) is 11.6 Å². The number of hydrogen-bond donors (Lipinski definition) is 2. The van der Waals surface area contributed by atoms with Crippen molar-refractivity contribution in [3.8, 4) is 0 Å². The number of nitrogens with zero attached hydrogens (tertiary/aromatic N) is 3. The molecule has 1 aromatic carbocycles. The molecule has 0 saturated heterocycles. The van der Waals surface area contributed by atoms with Crippen molar-refractivity contribution in [2.24, 2.45) is 0 Å². The van der Waals surface area contributed by atoms with E-state index in [9.17, 15) is 10.1 Å². The highest BCUT2D eigenvalue weighted by Gasteiger charge is 2.13. The monoisotopic (exact) mass is 281 g/mol. The number of nitro groups is 1. The third-order valence-corrected chi connectivity index (χ3v) is 2.76. The Kier molecular flexibility index (Phi) is 4.30. The van der Waals surface area contributed by atoms with Crippen LogP contribution in [0.3, 0.4) is 0 Å². The summed E-state index contributed by atoms with van der Waals surface area (Å²) in [5.41, 5.74) is 0.444. The van der Waals surface area contributed by atoms with Crippen LogP contribution < -0.4 is 5.32 Å². The third-order valence-electron chi connectivity index (χ3n) is 2.53. The van der Waals surface area contributed by atoms with Gasteiger partial charge in [0, 0.05) is 24.1 Å². The minimum absolute atomic E-state index is 0.0177. The van der Waals surface area contributed by atoms with E-state index >= 15 is 0 Å². The summed E-state index contributed by atoms with van der Waals surface area (Å²) in [6.07, 6.45) is 2.95. The number of rotatable bonds is 6. The summed E-state index contributed by atoms with van der Waals surface area (Å²) in [5.74, 6) is 0.794. The largest absolute Gasteiger partial charge is 0.379 e. The Morgan fingerprint density at radius 1 is 1.47 bits per heavy atom. The van der Waals surface area contributed by atoms with Crippen molar-refractivity contribution < 1.29 is 4.92 Å². The van der Waals surface area contributed by atoms with Crippen molar-refractivity contribution in [2.75, 3.05) is 11.9 Å². The van der Waals surface area contributed by atoms with Crippen LogP contribution in [-0.2, 0) is 6.42 Å². The molecule has 2 rings (SSSR count). The van der Waals surface area contributed by atoms with E-state index in [1.54, 1.807) is 6.07 Å². The molecule has 0 unspecified atom stereocenters. The zero-order chi connectivity index (χ0) is 13.7. The van der Waals surface area contributed by atoms with Crippen LogP contribution in [0.15, 0.2) is 24.5 Å². The Labute approximate surface area is 114 Å². The molecule has 0 saturated carbocycles. The molecule has 0 aliphatic heterocycles. The number of nitrogens with one attached hydrogen (secondary N) is 2. The summed E-state index contributed by atoms with van der Waals surface area (Å²) in [7, 11) is 0. The number of nitro benzene ring substituents is 1. The van der Waals surface area contributed by atoms with Crippen molar-refractivity contribution in [3.63, 3.8) is 0 Å². The first-order valence-electron chi connectivity index (χ1n) is 5.69. The van der Waals surface area contributed by atoms with Crippen molar-refractivity contribution in [1.29, 1.82) is 0 Å². The van der Waals surface area contributed by atoms with Crippen LogP contribution >= 0.6 is 11.6 Å². The van der Waals surface area contributed by atoms with E-state index in [0.29, 0.717) is 17.3 Å². The number of aromatic amines is 1. The number of halogens is 1. The van der Waals surface area contributed by atoms with Crippen LogP contribution in [0.1, 0.15) is 12.2 Å². The molecule has 1 heterocycles. The highest BCUT2D eigenvalue weighted by atomic mass is 35.5. The van der Waals surface area contributed by atoms with Gasteiger partial charge in [0.15, 0.2) is 0 Å². The number of aryl methyl sites for hydroxylation is 1. The number of H-pyrrole nitrogens is 1. The molecule has 1 aromatic heterocycles. The summed E-state index contributed by atoms with van der Waals surface area (Å²) >= 11 is 5.83. The first kappa shape index (κ1) is 13.3. The summed E-state index contributed by atoms with van der Waals surface area (Å²) in [5, 5.41) is 20.8. The fourth-order valence-corrected chi connectivity index (χ4v) is 1.81. The number of hydrogen-bond acceptors (Lipinski definition) is 5. The van der Waals surface area contributed by atoms with E-state index in [0.717, 1.165) is 18.7 Å².